The fraction of sp³-hybridized carbons (Fsp3) is 0.364. The minimum Gasteiger partial charge on any atom is -0.496 e. The van der Waals surface area contributed by atoms with Crippen LogP contribution in [-0.4, -0.2) is 18.2 Å². The van der Waals surface area contributed by atoms with Crippen LogP contribution in [0.15, 0.2) is 48.7 Å². The highest BCUT2D eigenvalue weighted by Gasteiger charge is 2.17. The van der Waals surface area contributed by atoms with E-state index in [1.165, 1.54) is 22.0 Å². The molecular weight excluding hydrogens is 308 g/mol. The van der Waals surface area contributed by atoms with E-state index in [1.807, 2.05) is 12.1 Å². The van der Waals surface area contributed by atoms with Gasteiger partial charge >= 0.3 is 0 Å². The lowest BCUT2D eigenvalue weighted by Crippen LogP contribution is -2.10. The van der Waals surface area contributed by atoms with Crippen molar-refractivity contribution in [2.75, 3.05) is 13.7 Å². The Morgan fingerprint density at radius 3 is 2.52 bits per heavy atom. The number of rotatable bonds is 5. The molecule has 0 radical (unpaired) electrons. The van der Waals surface area contributed by atoms with Crippen LogP contribution in [-0.2, 0) is 13.0 Å². The number of fused-ring (bicyclic) bond motifs is 1. The third-order valence-corrected chi connectivity index (χ3v) is 4.47. The largest absolute Gasteiger partial charge is 0.496 e. The molecule has 0 unspecified atom stereocenters. The van der Waals surface area contributed by atoms with Crippen LogP contribution in [0.2, 0.25) is 0 Å². The fourth-order valence-electron chi connectivity index (χ4n) is 3.46. The second-order valence-corrected chi connectivity index (χ2v) is 7.81. The Balaban J connectivity index is 2.16. The lowest BCUT2D eigenvalue weighted by Gasteiger charge is -2.17. The van der Waals surface area contributed by atoms with Crippen LogP contribution < -0.4 is 10.5 Å². The molecule has 0 fully saturated rings. The molecule has 0 saturated carbocycles. The molecule has 132 valence electrons. The monoisotopic (exact) mass is 336 g/mol. The van der Waals surface area contributed by atoms with Crippen molar-refractivity contribution in [2.45, 2.75) is 33.7 Å². The van der Waals surface area contributed by atoms with Crippen LogP contribution in [0.3, 0.4) is 0 Å². The van der Waals surface area contributed by atoms with Gasteiger partial charge < -0.3 is 15.0 Å². The van der Waals surface area contributed by atoms with Gasteiger partial charge in [-0.3, -0.25) is 0 Å². The number of benzene rings is 2. The first-order valence-corrected chi connectivity index (χ1v) is 8.88. The summed E-state index contributed by atoms with van der Waals surface area (Å²) >= 11 is 0. The summed E-state index contributed by atoms with van der Waals surface area (Å²) in [6.45, 7) is 8.33. The van der Waals surface area contributed by atoms with Crippen LogP contribution >= 0.6 is 0 Å². The van der Waals surface area contributed by atoms with Gasteiger partial charge in [0.05, 0.1) is 7.11 Å². The van der Waals surface area contributed by atoms with Gasteiger partial charge in [-0.15, -0.1) is 0 Å². The molecule has 0 aliphatic carbocycles. The van der Waals surface area contributed by atoms with Crippen molar-refractivity contribution >= 4 is 10.9 Å². The minimum atomic E-state index is 0.238. The summed E-state index contributed by atoms with van der Waals surface area (Å²) in [5.41, 5.74) is 11.0. The van der Waals surface area contributed by atoms with Crippen molar-refractivity contribution in [1.29, 1.82) is 0 Å². The Morgan fingerprint density at radius 2 is 1.84 bits per heavy atom. The lowest BCUT2D eigenvalue weighted by molar-refractivity contribution is 0.412. The minimum absolute atomic E-state index is 0.238. The molecule has 3 heteroatoms. The van der Waals surface area contributed by atoms with Gasteiger partial charge in [0.2, 0.25) is 0 Å². The Labute approximate surface area is 150 Å². The highest BCUT2D eigenvalue weighted by atomic mass is 16.5. The highest BCUT2D eigenvalue weighted by molar-refractivity contribution is 5.89. The first-order valence-electron chi connectivity index (χ1n) is 8.88. The molecule has 0 aliphatic rings. The van der Waals surface area contributed by atoms with Gasteiger partial charge in [-0.05, 0) is 41.2 Å². The first kappa shape index (κ1) is 17.6. The average molecular weight is 336 g/mol. The molecule has 2 aromatic carbocycles. The number of para-hydroxylation sites is 1. The summed E-state index contributed by atoms with van der Waals surface area (Å²) in [5.74, 6) is 0.903. The second-order valence-electron chi connectivity index (χ2n) is 7.81. The standard InChI is InChI=1S/C22H28N2O/c1-22(2,3)14-17-15-24(12-11-23)20-10-9-16(13-19(17)20)18-7-5-6-8-21(18)25-4/h5-10,13,15H,11-12,14,23H2,1-4H3. The molecule has 3 aromatic rings. The SMILES string of the molecule is COc1ccccc1-c1ccc2c(c1)c(CC(C)(C)C)cn2CCN. The number of nitrogens with zero attached hydrogens (tertiary/aromatic N) is 1. The van der Waals surface area contributed by atoms with E-state index in [9.17, 15) is 0 Å². The van der Waals surface area contributed by atoms with Crippen molar-refractivity contribution < 1.29 is 4.74 Å². The number of aromatic nitrogens is 1. The van der Waals surface area contributed by atoms with Gasteiger partial charge in [0.25, 0.3) is 0 Å². The summed E-state index contributed by atoms with van der Waals surface area (Å²) in [5, 5.41) is 1.31. The average Bonchev–Trinajstić information content (AvgIpc) is 2.90. The maximum Gasteiger partial charge on any atom is 0.126 e. The maximum atomic E-state index is 5.81. The van der Waals surface area contributed by atoms with Gasteiger partial charge in [-0.1, -0.05) is 45.0 Å². The van der Waals surface area contributed by atoms with E-state index in [0.717, 1.165) is 24.3 Å². The third kappa shape index (κ3) is 3.72. The number of ether oxygens (including phenoxy) is 1. The van der Waals surface area contributed by atoms with Crippen LogP contribution in [0, 0.1) is 5.41 Å². The van der Waals surface area contributed by atoms with Crippen molar-refractivity contribution in [2.24, 2.45) is 11.1 Å². The summed E-state index contributed by atoms with van der Waals surface area (Å²) in [7, 11) is 1.72. The topological polar surface area (TPSA) is 40.2 Å². The Kier molecular flexibility index (Phi) is 4.87. The number of hydrogen-bond donors (Lipinski definition) is 1. The first-order chi connectivity index (χ1) is 11.9. The van der Waals surface area contributed by atoms with Gasteiger partial charge in [0.1, 0.15) is 5.75 Å². The zero-order valence-corrected chi connectivity index (χ0v) is 15.7. The zero-order chi connectivity index (χ0) is 18.0. The second kappa shape index (κ2) is 6.93. The molecule has 2 N–H and O–H groups in total. The van der Waals surface area contributed by atoms with Gasteiger partial charge in [-0.2, -0.15) is 0 Å². The smallest absolute Gasteiger partial charge is 0.126 e. The fourth-order valence-corrected chi connectivity index (χ4v) is 3.46. The summed E-state index contributed by atoms with van der Waals surface area (Å²) in [6.07, 6.45) is 3.31. The van der Waals surface area contributed by atoms with Crippen molar-refractivity contribution in [3.05, 3.63) is 54.2 Å². The van der Waals surface area contributed by atoms with E-state index in [4.69, 9.17) is 10.5 Å². The number of nitrogens with two attached hydrogens (primary N) is 1. The van der Waals surface area contributed by atoms with Crippen LogP contribution in [0.4, 0.5) is 0 Å². The molecule has 0 saturated heterocycles. The highest BCUT2D eigenvalue weighted by Crippen LogP contribution is 2.35. The number of hydrogen-bond acceptors (Lipinski definition) is 2. The molecule has 3 nitrogen and oxygen atoms in total. The van der Waals surface area contributed by atoms with Crippen molar-refractivity contribution in [3.63, 3.8) is 0 Å². The summed E-state index contributed by atoms with van der Waals surface area (Å²) in [4.78, 5) is 0. The molecule has 1 heterocycles. The normalized spacial score (nSPS) is 11.9. The summed E-state index contributed by atoms with van der Waals surface area (Å²) in [6, 6.07) is 14.9. The summed E-state index contributed by atoms with van der Waals surface area (Å²) < 4.78 is 7.82. The molecule has 3 rings (SSSR count). The van der Waals surface area contributed by atoms with Crippen molar-refractivity contribution in [3.8, 4) is 16.9 Å². The number of methoxy groups -OCH3 is 1. The lowest BCUT2D eigenvalue weighted by atomic mass is 9.87. The van der Waals surface area contributed by atoms with Gasteiger partial charge in [0.15, 0.2) is 0 Å². The van der Waals surface area contributed by atoms with Crippen LogP contribution in [0.25, 0.3) is 22.0 Å². The van der Waals surface area contributed by atoms with E-state index in [-0.39, 0.29) is 5.41 Å². The Morgan fingerprint density at radius 1 is 1.08 bits per heavy atom. The van der Waals surface area contributed by atoms with Crippen LogP contribution in [0.1, 0.15) is 26.3 Å². The molecule has 25 heavy (non-hydrogen) atoms. The molecule has 0 bridgehead atoms. The van der Waals surface area contributed by atoms with E-state index < -0.39 is 0 Å². The van der Waals surface area contributed by atoms with E-state index >= 15 is 0 Å². The Hall–Kier alpha value is -2.26. The molecule has 0 amide bonds. The third-order valence-electron chi connectivity index (χ3n) is 4.47. The van der Waals surface area contributed by atoms with E-state index in [2.05, 4.69) is 61.9 Å². The van der Waals surface area contributed by atoms with Crippen LogP contribution in [0.5, 0.6) is 5.75 Å². The maximum absolute atomic E-state index is 5.81. The molecule has 0 aliphatic heterocycles. The predicted molar refractivity (Wildman–Crippen MR) is 106 cm³/mol. The zero-order valence-electron chi connectivity index (χ0n) is 15.7. The van der Waals surface area contributed by atoms with Gasteiger partial charge in [0, 0.05) is 35.8 Å². The molecular formula is C22H28N2O. The Bertz CT molecular complexity index is 871. The molecule has 1 aromatic heterocycles. The predicted octanol–water partition coefficient (Wildman–Crippen LogP) is 4.86. The van der Waals surface area contributed by atoms with E-state index in [0.29, 0.717) is 6.54 Å². The van der Waals surface area contributed by atoms with Gasteiger partial charge in [-0.25, -0.2) is 0 Å². The molecule has 0 spiro atoms. The van der Waals surface area contributed by atoms with E-state index in [1.54, 1.807) is 7.11 Å². The quantitative estimate of drug-likeness (QED) is 0.722. The van der Waals surface area contributed by atoms with Crippen molar-refractivity contribution in [1.82, 2.24) is 4.57 Å². The molecule has 0 atom stereocenters.